The van der Waals surface area contributed by atoms with Gasteiger partial charge in [-0.15, -0.1) is 0 Å². The van der Waals surface area contributed by atoms with Crippen molar-refractivity contribution >= 4 is 23.4 Å². The number of phenolic OH excluding ortho intramolecular Hbond substituents is 1. The molecule has 2 aromatic carbocycles. The zero-order chi connectivity index (χ0) is 26.4. The van der Waals surface area contributed by atoms with Crippen molar-refractivity contribution in [3.05, 3.63) is 53.1 Å². The molecule has 0 spiro atoms. The number of nitrogens with two attached hydrogens (primary N) is 1. The third kappa shape index (κ3) is 6.37. The number of amides is 2. The average Bonchev–Trinajstić information content (AvgIpc) is 2.82. The molecule has 36 heavy (non-hydrogen) atoms. The highest BCUT2D eigenvalue weighted by Gasteiger charge is 2.34. The molecule has 0 radical (unpaired) electrons. The number of aliphatic hydroxyl groups is 1. The smallest absolute Gasteiger partial charge is 0.224 e. The SMILES string of the molecule is CCC(CC1CC(=O)c2c(O)ccc(-c3ccc(CNC(C)=O)cc3)c2C1)C(CO)C(=O)CC(N)=O. The van der Waals surface area contributed by atoms with Gasteiger partial charge in [0.25, 0.3) is 0 Å². The molecule has 0 fully saturated rings. The van der Waals surface area contributed by atoms with Gasteiger partial charge >= 0.3 is 0 Å². The van der Waals surface area contributed by atoms with Crippen LogP contribution in [0.15, 0.2) is 36.4 Å². The molecule has 8 heteroatoms. The van der Waals surface area contributed by atoms with E-state index in [1.165, 1.54) is 13.0 Å². The Hall–Kier alpha value is -3.52. The molecule has 192 valence electrons. The largest absolute Gasteiger partial charge is 0.507 e. The summed E-state index contributed by atoms with van der Waals surface area (Å²) in [6.07, 6.45) is 1.50. The van der Waals surface area contributed by atoms with Crippen molar-refractivity contribution < 1.29 is 29.4 Å². The zero-order valence-electron chi connectivity index (χ0n) is 20.8. The number of aliphatic hydroxyl groups excluding tert-OH is 1. The summed E-state index contributed by atoms with van der Waals surface area (Å²) < 4.78 is 0. The Labute approximate surface area is 210 Å². The Kier molecular flexibility index (Phi) is 8.98. The molecule has 1 aliphatic carbocycles. The number of aromatic hydroxyl groups is 1. The van der Waals surface area contributed by atoms with Crippen LogP contribution in [-0.2, 0) is 27.3 Å². The van der Waals surface area contributed by atoms with E-state index in [2.05, 4.69) is 5.32 Å². The molecule has 2 amide bonds. The van der Waals surface area contributed by atoms with Gasteiger partial charge in [0.05, 0.1) is 18.6 Å². The third-order valence-electron chi connectivity index (χ3n) is 7.03. The van der Waals surface area contributed by atoms with E-state index in [0.29, 0.717) is 31.4 Å². The quantitative estimate of drug-likeness (QED) is 0.353. The summed E-state index contributed by atoms with van der Waals surface area (Å²) >= 11 is 0. The molecule has 8 nitrogen and oxygen atoms in total. The summed E-state index contributed by atoms with van der Waals surface area (Å²) in [6.45, 7) is 3.43. The van der Waals surface area contributed by atoms with E-state index in [1.54, 1.807) is 6.07 Å². The fraction of sp³-hybridized carbons (Fsp3) is 0.429. The van der Waals surface area contributed by atoms with Crippen LogP contribution in [0, 0.1) is 17.8 Å². The molecule has 3 unspecified atom stereocenters. The topological polar surface area (TPSA) is 147 Å². The van der Waals surface area contributed by atoms with Crippen LogP contribution in [-0.4, -0.2) is 40.2 Å². The minimum Gasteiger partial charge on any atom is -0.507 e. The van der Waals surface area contributed by atoms with Gasteiger partial charge in [0.15, 0.2) is 5.78 Å². The van der Waals surface area contributed by atoms with Crippen molar-refractivity contribution in [1.82, 2.24) is 5.32 Å². The van der Waals surface area contributed by atoms with Gasteiger partial charge in [-0.05, 0) is 53.0 Å². The summed E-state index contributed by atoms with van der Waals surface area (Å²) in [7, 11) is 0. The molecule has 0 heterocycles. The molecule has 0 saturated heterocycles. The van der Waals surface area contributed by atoms with Crippen molar-refractivity contribution in [2.45, 2.75) is 52.5 Å². The highest BCUT2D eigenvalue weighted by atomic mass is 16.3. The summed E-state index contributed by atoms with van der Waals surface area (Å²) in [5.41, 5.74) is 8.97. The Morgan fingerprint density at radius 1 is 1.11 bits per heavy atom. The van der Waals surface area contributed by atoms with Crippen molar-refractivity contribution in [1.29, 1.82) is 0 Å². The predicted octanol–water partition coefficient (Wildman–Crippen LogP) is 2.91. The van der Waals surface area contributed by atoms with Crippen LogP contribution < -0.4 is 11.1 Å². The van der Waals surface area contributed by atoms with Gasteiger partial charge in [0.1, 0.15) is 11.5 Å². The first-order chi connectivity index (χ1) is 17.1. The summed E-state index contributed by atoms with van der Waals surface area (Å²) in [6, 6.07) is 11.0. The number of Topliss-reactive ketones (excluding diaryl/α,β-unsaturated/α-hetero) is 2. The highest BCUT2D eigenvalue weighted by Crippen LogP contribution is 2.41. The molecular formula is C28H34N2O6. The number of nitrogens with one attached hydrogen (secondary N) is 1. The number of hydrogen-bond acceptors (Lipinski definition) is 6. The summed E-state index contributed by atoms with van der Waals surface area (Å²) in [5.74, 6) is -2.39. The molecule has 1 aliphatic rings. The van der Waals surface area contributed by atoms with Crippen molar-refractivity contribution in [2.24, 2.45) is 23.5 Å². The minimum atomic E-state index is -0.724. The number of primary amides is 1. The Bertz CT molecular complexity index is 1140. The molecule has 0 saturated carbocycles. The molecule has 0 bridgehead atoms. The van der Waals surface area contributed by atoms with Crippen LogP contribution in [0.3, 0.4) is 0 Å². The lowest BCUT2D eigenvalue weighted by atomic mass is 9.72. The Balaban J connectivity index is 1.87. The molecule has 2 aromatic rings. The van der Waals surface area contributed by atoms with Gasteiger partial charge in [-0.1, -0.05) is 43.7 Å². The van der Waals surface area contributed by atoms with E-state index in [1.807, 2.05) is 31.2 Å². The van der Waals surface area contributed by atoms with E-state index >= 15 is 0 Å². The molecule has 3 atom stereocenters. The van der Waals surface area contributed by atoms with Crippen LogP contribution in [0.1, 0.15) is 61.0 Å². The first-order valence-corrected chi connectivity index (χ1v) is 12.3. The number of fused-ring (bicyclic) bond motifs is 1. The fourth-order valence-electron chi connectivity index (χ4n) is 5.21. The van der Waals surface area contributed by atoms with Crippen molar-refractivity contribution in [3.8, 4) is 16.9 Å². The van der Waals surface area contributed by atoms with Crippen LogP contribution >= 0.6 is 0 Å². The maximum atomic E-state index is 13.1. The van der Waals surface area contributed by atoms with Crippen LogP contribution in [0.5, 0.6) is 5.75 Å². The van der Waals surface area contributed by atoms with E-state index in [4.69, 9.17) is 5.73 Å². The van der Waals surface area contributed by atoms with E-state index in [9.17, 15) is 29.4 Å². The lowest BCUT2D eigenvalue weighted by Crippen LogP contribution is -2.33. The Morgan fingerprint density at radius 3 is 2.39 bits per heavy atom. The number of rotatable bonds is 11. The molecule has 3 rings (SSSR count). The lowest BCUT2D eigenvalue weighted by Gasteiger charge is -2.31. The molecule has 5 N–H and O–H groups in total. The standard InChI is InChI=1S/C28H34N2O6/c1-3-19(23(15-31)25(34)13-27(29)36)10-18-11-22-21(8-9-24(33)28(22)26(35)12-18)20-6-4-17(5-7-20)14-30-16(2)32/h4-9,18-19,23,31,33H,3,10-15H2,1-2H3,(H2,29,36)(H,30,32). The number of phenols is 1. The molecule has 0 aliphatic heterocycles. The van der Waals surface area contributed by atoms with E-state index in [-0.39, 0.29) is 48.1 Å². The van der Waals surface area contributed by atoms with Gasteiger partial charge in [-0.2, -0.15) is 0 Å². The van der Waals surface area contributed by atoms with Gasteiger partial charge in [-0.3, -0.25) is 19.2 Å². The maximum Gasteiger partial charge on any atom is 0.224 e. The van der Waals surface area contributed by atoms with Gasteiger partial charge in [-0.25, -0.2) is 0 Å². The van der Waals surface area contributed by atoms with Crippen molar-refractivity contribution in [2.75, 3.05) is 6.61 Å². The highest BCUT2D eigenvalue weighted by molar-refractivity contribution is 6.03. The first-order valence-electron chi connectivity index (χ1n) is 12.3. The second-order valence-corrected chi connectivity index (χ2v) is 9.59. The van der Waals surface area contributed by atoms with Crippen molar-refractivity contribution in [3.63, 3.8) is 0 Å². The number of ketones is 2. The third-order valence-corrected chi connectivity index (χ3v) is 7.03. The monoisotopic (exact) mass is 494 g/mol. The summed E-state index contributed by atoms with van der Waals surface area (Å²) in [4.78, 5) is 48.0. The zero-order valence-corrected chi connectivity index (χ0v) is 20.8. The Morgan fingerprint density at radius 2 is 1.81 bits per heavy atom. The second-order valence-electron chi connectivity index (χ2n) is 9.59. The first kappa shape index (κ1) is 27.1. The van der Waals surface area contributed by atoms with Gasteiger partial charge in [0.2, 0.25) is 11.8 Å². The lowest BCUT2D eigenvalue weighted by molar-refractivity contribution is -0.131. The van der Waals surface area contributed by atoms with Crippen LogP contribution in [0.4, 0.5) is 0 Å². The normalized spacial score (nSPS) is 16.6. The second kappa shape index (κ2) is 11.9. The van der Waals surface area contributed by atoms with Gasteiger partial charge in [0, 0.05) is 25.8 Å². The van der Waals surface area contributed by atoms with Crippen LogP contribution in [0.2, 0.25) is 0 Å². The average molecular weight is 495 g/mol. The number of benzene rings is 2. The van der Waals surface area contributed by atoms with E-state index in [0.717, 1.165) is 22.3 Å². The van der Waals surface area contributed by atoms with Gasteiger partial charge < -0.3 is 21.3 Å². The molecule has 0 aromatic heterocycles. The summed E-state index contributed by atoms with van der Waals surface area (Å²) in [5, 5.41) is 23.1. The fourth-order valence-corrected chi connectivity index (χ4v) is 5.21. The number of hydrogen-bond donors (Lipinski definition) is 4. The van der Waals surface area contributed by atoms with E-state index < -0.39 is 18.2 Å². The molecular weight excluding hydrogens is 460 g/mol. The maximum absolute atomic E-state index is 13.1. The number of carbonyl (C=O) groups excluding carboxylic acids is 4. The van der Waals surface area contributed by atoms with Crippen LogP contribution in [0.25, 0.3) is 11.1 Å². The number of carbonyl (C=O) groups is 4. The predicted molar refractivity (Wildman–Crippen MR) is 135 cm³/mol. The minimum absolute atomic E-state index is 0.0450.